The van der Waals surface area contributed by atoms with Crippen LogP contribution in [0.2, 0.25) is 0 Å². The summed E-state index contributed by atoms with van der Waals surface area (Å²) in [6, 6.07) is 13.0. The van der Waals surface area contributed by atoms with Crippen LogP contribution in [0.3, 0.4) is 0 Å². The number of benzene rings is 2. The molecule has 8 N–H and O–H groups in total. The molecule has 0 fully saturated rings. The first-order valence-electron chi connectivity index (χ1n) is 7.22. The summed E-state index contributed by atoms with van der Waals surface area (Å²) >= 11 is 0. The van der Waals surface area contributed by atoms with Crippen LogP contribution in [0.1, 0.15) is 31.8 Å². The summed E-state index contributed by atoms with van der Waals surface area (Å²) in [5, 5.41) is 17.0. The number of rotatable bonds is 4. The Morgan fingerprint density at radius 2 is 0.926 bits per heavy atom. The third-order valence-corrected chi connectivity index (χ3v) is 2.87. The average molecular weight is 400 g/mol. The second kappa shape index (κ2) is 11.7. The SMILES string of the molecule is NCc1ccc(C(=O)O)cc1.NCc1ccc(C(=O)O)cc1.O=S(=O)(O)O. The standard InChI is InChI=1S/2C8H9NO2.H2O4S/c2*9-5-6-1-3-7(4-2-6)8(10)11;1-5(2,3)4/h2*1-4H,5,9H2,(H,10,11);(H2,1,2,3,4). The van der Waals surface area contributed by atoms with E-state index in [4.69, 9.17) is 39.2 Å². The first-order valence-corrected chi connectivity index (χ1v) is 8.62. The van der Waals surface area contributed by atoms with E-state index in [2.05, 4.69) is 0 Å². The minimum absolute atomic E-state index is 0.294. The fourth-order valence-corrected chi connectivity index (χ4v) is 1.57. The molecule has 0 atom stereocenters. The normalized spacial score (nSPS) is 9.93. The van der Waals surface area contributed by atoms with Crippen LogP contribution in [-0.2, 0) is 23.5 Å². The summed E-state index contributed by atoms with van der Waals surface area (Å²) in [6.45, 7) is 0.889. The van der Waals surface area contributed by atoms with Crippen LogP contribution in [0.5, 0.6) is 0 Å². The van der Waals surface area contributed by atoms with Gasteiger partial charge < -0.3 is 21.7 Å². The molecule has 11 heteroatoms. The Morgan fingerprint density at radius 1 is 0.704 bits per heavy atom. The largest absolute Gasteiger partial charge is 0.478 e. The van der Waals surface area contributed by atoms with E-state index >= 15 is 0 Å². The minimum atomic E-state index is -4.67. The molecule has 0 spiro atoms. The van der Waals surface area contributed by atoms with E-state index in [1.165, 1.54) is 0 Å². The second-order valence-electron chi connectivity index (χ2n) is 4.86. The van der Waals surface area contributed by atoms with E-state index in [9.17, 15) is 9.59 Å². The van der Waals surface area contributed by atoms with Crippen molar-refractivity contribution >= 4 is 22.3 Å². The molecule has 2 rings (SSSR count). The zero-order valence-corrected chi connectivity index (χ0v) is 14.8. The van der Waals surface area contributed by atoms with Gasteiger partial charge in [-0.15, -0.1) is 0 Å². The number of hydrogen-bond acceptors (Lipinski definition) is 6. The smallest absolute Gasteiger partial charge is 0.394 e. The van der Waals surface area contributed by atoms with Crippen LogP contribution in [0.25, 0.3) is 0 Å². The van der Waals surface area contributed by atoms with Crippen molar-refractivity contribution in [3.63, 3.8) is 0 Å². The van der Waals surface area contributed by atoms with Crippen molar-refractivity contribution in [1.29, 1.82) is 0 Å². The van der Waals surface area contributed by atoms with Crippen LogP contribution in [-0.4, -0.2) is 39.7 Å². The average Bonchev–Trinajstić information content (AvgIpc) is 2.61. The van der Waals surface area contributed by atoms with Crippen molar-refractivity contribution in [2.75, 3.05) is 0 Å². The second-order valence-corrected chi connectivity index (χ2v) is 5.76. The maximum Gasteiger partial charge on any atom is 0.394 e. The summed E-state index contributed by atoms with van der Waals surface area (Å²) < 4.78 is 31.6. The first-order chi connectivity index (χ1) is 12.5. The molecule has 0 aliphatic carbocycles. The van der Waals surface area contributed by atoms with Crippen molar-refractivity contribution in [3.05, 3.63) is 70.8 Å². The number of carboxylic acids is 2. The van der Waals surface area contributed by atoms with Gasteiger partial charge in [0.05, 0.1) is 11.1 Å². The zero-order chi connectivity index (χ0) is 21.0. The lowest BCUT2D eigenvalue weighted by Gasteiger charge is -1.96. The number of carbonyl (C=O) groups is 2. The van der Waals surface area contributed by atoms with Gasteiger partial charge in [0.15, 0.2) is 0 Å². The van der Waals surface area contributed by atoms with Crippen LogP contribution < -0.4 is 11.5 Å². The molecule has 2 aromatic carbocycles. The highest BCUT2D eigenvalue weighted by atomic mass is 32.3. The van der Waals surface area contributed by atoms with Gasteiger partial charge in [-0.05, 0) is 35.4 Å². The monoisotopic (exact) mass is 400 g/mol. The van der Waals surface area contributed by atoms with Gasteiger partial charge in [-0.1, -0.05) is 24.3 Å². The summed E-state index contributed by atoms with van der Waals surface area (Å²) in [5.74, 6) is -1.82. The molecule has 0 saturated heterocycles. The van der Waals surface area contributed by atoms with Gasteiger partial charge in [0.2, 0.25) is 0 Å². The Hall–Kier alpha value is -2.83. The fraction of sp³-hybridized carbons (Fsp3) is 0.125. The van der Waals surface area contributed by atoms with Gasteiger partial charge in [-0.3, -0.25) is 9.11 Å². The Bertz CT molecular complexity index is 768. The van der Waals surface area contributed by atoms with Crippen molar-refractivity contribution in [2.45, 2.75) is 13.1 Å². The maximum absolute atomic E-state index is 10.4. The molecule has 10 nitrogen and oxygen atoms in total. The van der Waals surface area contributed by atoms with Gasteiger partial charge in [0, 0.05) is 13.1 Å². The lowest BCUT2D eigenvalue weighted by atomic mass is 10.1. The molecule has 0 aromatic heterocycles. The van der Waals surface area contributed by atoms with E-state index in [-0.39, 0.29) is 0 Å². The highest BCUT2D eigenvalue weighted by Gasteiger charge is 2.00. The number of hydrogen-bond donors (Lipinski definition) is 6. The molecule has 0 saturated carbocycles. The van der Waals surface area contributed by atoms with E-state index in [1.54, 1.807) is 48.5 Å². The molecular formula is C16H20N2O8S. The quantitative estimate of drug-likeness (QED) is 0.402. The molecule has 0 bridgehead atoms. The molecule has 0 aliphatic heterocycles. The lowest BCUT2D eigenvalue weighted by molar-refractivity contribution is 0.0686. The Balaban J connectivity index is 0.000000405. The third kappa shape index (κ3) is 12.2. The predicted octanol–water partition coefficient (Wildman–Crippen LogP) is 1.03. The van der Waals surface area contributed by atoms with E-state index < -0.39 is 22.3 Å². The topological polar surface area (TPSA) is 201 Å². The molecule has 27 heavy (non-hydrogen) atoms. The first kappa shape index (κ1) is 24.2. The highest BCUT2D eigenvalue weighted by molar-refractivity contribution is 7.79. The van der Waals surface area contributed by atoms with Crippen molar-refractivity contribution in [3.8, 4) is 0 Å². The molecule has 0 aliphatic rings. The van der Waals surface area contributed by atoms with E-state index in [0.29, 0.717) is 24.2 Å². The zero-order valence-electron chi connectivity index (χ0n) is 14.0. The summed E-state index contributed by atoms with van der Waals surface area (Å²) in [6.07, 6.45) is 0. The van der Waals surface area contributed by atoms with Gasteiger partial charge >= 0.3 is 22.3 Å². The Kier molecular flexibility index (Phi) is 10.5. The van der Waals surface area contributed by atoms with Gasteiger partial charge in [-0.2, -0.15) is 8.42 Å². The molecule has 2 aromatic rings. The molecule has 148 valence electrons. The minimum Gasteiger partial charge on any atom is -0.478 e. The van der Waals surface area contributed by atoms with Crippen LogP contribution >= 0.6 is 0 Å². The van der Waals surface area contributed by atoms with Crippen molar-refractivity contribution in [2.24, 2.45) is 11.5 Å². The molecule has 0 radical (unpaired) electrons. The van der Waals surface area contributed by atoms with Crippen molar-refractivity contribution in [1.82, 2.24) is 0 Å². The molecular weight excluding hydrogens is 380 g/mol. The maximum atomic E-state index is 10.4. The fourth-order valence-electron chi connectivity index (χ4n) is 1.57. The Morgan fingerprint density at radius 3 is 1.07 bits per heavy atom. The van der Waals surface area contributed by atoms with Gasteiger partial charge in [-0.25, -0.2) is 9.59 Å². The Labute approximate surface area is 155 Å². The van der Waals surface area contributed by atoms with Gasteiger partial charge in [0.1, 0.15) is 0 Å². The highest BCUT2D eigenvalue weighted by Crippen LogP contribution is 2.03. The van der Waals surface area contributed by atoms with Crippen LogP contribution in [0.4, 0.5) is 0 Å². The van der Waals surface area contributed by atoms with Gasteiger partial charge in [0.25, 0.3) is 0 Å². The predicted molar refractivity (Wildman–Crippen MR) is 96.8 cm³/mol. The number of nitrogens with two attached hydrogens (primary N) is 2. The molecule has 0 unspecified atom stereocenters. The van der Waals surface area contributed by atoms with Crippen LogP contribution in [0, 0.1) is 0 Å². The lowest BCUT2D eigenvalue weighted by Crippen LogP contribution is -1.99. The number of carboxylic acid groups (broad SMARTS) is 2. The summed E-state index contributed by atoms with van der Waals surface area (Å²) in [5.41, 5.74) is 13.1. The van der Waals surface area contributed by atoms with Crippen molar-refractivity contribution < 1.29 is 37.3 Å². The summed E-state index contributed by atoms with van der Waals surface area (Å²) in [7, 11) is -4.67. The van der Waals surface area contributed by atoms with E-state index in [1.807, 2.05) is 0 Å². The summed E-state index contributed by atoms with van der Waals surface area (Å²) in [4.78, 5) is 20.7. The molecule has 0 heterocycles. The van der Waals surface area contributed by atoms with E-state index in [0.717, 1.165) is 11.1 Å². The number of aromatic carboxylic acids is 2. The van der Waals surface area contributed by atoms with Crippen LogP contribution in [0.15, 0.2) is 48.5 Å². The third-order valence-electron chi connectivity index (χ3n) is 2.87. The molecule has 0 amide bonds.